The van der Waals surface area contributed by atoms with Crippen molar-refractivity contribution >= 4 is 5.91 Å². The quantitative estimate of drug-likeness (QED) is 0.580. The molecule has 0 aromatic heterocycles. The monoisotopic (exact) mass is 227 g/mol. The maximum absolute atomic E-state index is 12.0. The first-order chi connectivity index (χ1) is 7.77. The third kappa shape index (κ3) is 2.93. The molecule has 0 spiro atoms. The number of nitrogens with one attached hydrogen (secondary N) is 3. The van der Waals surface area contributed by atoms with E-state index in [0.29, 0.717) is 6.61 Å². The van der Waals surface area contributed by atoms with Crippen LogP contribution in [0.3, 0.4) is 0 Å². The van der Waals surface area contributed by atoms with Crippen molar-refractivity contribution < 1.29 is 9.53 Å². The first-order valence-corrected chi connectivity index (χ1v) is 6.13. The van der Waals surface area contributed by atoms with Crippen molar-refractivity contribution in [3.05, 3.63) is 0 Å². The van der Waals surface area contributed by atoms with Crippen LogP contribution in [0.1, 0.15) is 19.8 Å². The van der Waals surface area contributed by atoms with Crippen molar-refractivity contribution in [2.75, 3.05) is 26.2 Å². The molecular formula is C11H21N3O2. The van der Waals surface area contributed by atoms with Gasteiger partial charge in [0.2, 0.25) is 5.91 Å². The van der Waals surface area contributed by atoms with Crippen molar-refractivity contribution in [3.63, 3.8) is 0 Å². The van der Waals surface area contributed by atoms with Crippen LogP contribution in [0.4, 0.5) is 0 Å². The average Bonchev–Trinajstić information content (AvgIpc) is 2.31. The van der Waals surface area contributed by atoms with Crippen molar-refractivity contribution in [1.29, 1.82) is 0 Å². The molecule has 2 heterocycles. The summed E-state index contributed by atoms with van der Waals surface area (Å²) in [6, 6.07) is 0.0767. The largest absolute Gasteiger partial charge is 0.375 e. The summed E-state index contributed by atoms with van der Waals surface area (Å²) in [5.41, 5.74) is 0. The maximum Gasteiger partial charge on any atom is 0.240 e. The third-order valence-electron chi connectivity index (χ3n) is 3.24. The SMILES string of the molecule is C[C@H]1OCCN[C@@H]1C(=O)N[C@@H]1CCCNC1. The molecule has 2 rings (SSSR count). The van der Waals surface area contributed by atoms with Crippen molar-refractivity contribution in [2.45, 2.75) is 38.0 Å². The second-order valence-electron chi connectivity index (χ2n) is 4.56. The molecule has 2 aliphatic heterocycles. The van der Waals surface area contributed by atoms with Crippen LogP contribution in [-0.2, 0) is 9.53 Å². The van der Waals surface area contributed by atoms with Crippen LogP contribution >= 0.6 is 0 Å². The Bertz CT molecular complexity index is 241. The van der Waals surface area contributed by atoms with Gasteiger partial charge in [-0.15, -0.1) is 0 Å². The number of amides is 1. The zero-order valence-corrected chi connectivity index (χ0v) is 9.79. The Hall–Kier alpha value is -0.650. The minimum absolute atomic E-state index is 0.0368. The zero-order chi connectivity index (χ0) is 11.4. The molecule has 3 atom stereocenters. The number of ether oxygens (including phenoxy) is 1. The van der Waals surface area contributed by atoms with Gasteiger partial charge in [-0.25, -0.2) is 0 Å². The Morgan fingerprint density at radius 2 is 2.31 bits per heavy atom. The fraction of sp³-hybridized carbons (Fsp3) is 0.909. The predicted molar refractivity (Wildman–Crippen MR) is 61.2 cm³/mol. The van der Waals surface area contributed by atoms with Crippen LogP contribution in [0.15, 0.2) is 0 Å². The first kappa shape index (κ1) is 11.8. The molecule has 0 aromatic carbocycles. The molecular weight excluding hydrogens is 206 g/mol. The molecule has 0 aliphatic carbocycles. The molecule has 2 saturated heterocycles. The van der Waals surface area contributed by atoms with Crippen molar-refractivity contribution in [2.24, 2.45) is 0 Å². The molecule has 0 radical (unpaired) electrons. The average molecular weight is 227 g/mol. The van der Waals surface area contributed by atoms with E-state index in [1.165, 1.54) is 0 Å². The van der Waals surface area contributed by atoms with E-state index in [9.17, 15) is 4.79 Å². The van der Waals surface area contributed by atoms with Crippen LogP contribution in [-0.4, -0.2) is 50.3 Å². The standard InChI is InChI=1S/C11H21N3O2/c1-8-10(13-5-6-16-8)11(15)14-9-3-2-4-12-7-9/h8-10,12-13H,2-7H2,1H3,(H,14,15)/t8-,9-,10+/m1/s1. The Morgan fingerprint density at radius 1 is 1.44 bits per heavy atom. The number of morpholine rings is 1. The van der Waals surface area contributed by atoms with Gasteiger partial charge in [0.05, 0.1) is 12.7 Å². The van der Waals surface area contributed by atoms with Crippen molar-refractivity contribution in [3.8, 4) is 0 Å². The fourth-order valence-corrected chi connectivity index (χ4v) is 2.29. The number of hydrogen-bond acceptors (Lipinski definition) is 4. The maximum atomic E-state index is 12.0. The lowest BCUT2D eigenvalue weighted by Crippen LogP contribution is -2.58. The van der Waals surface area contributed by atoms with E-state index in [4.69, 9.17) is 4.74 Å². The van der Waals surface area contributed by atoms with E-state index in [1.54, 1.807) is 0 Å². The topological polar surface area (TPSA) is 62.4 Å². The highest BCUT2D eigenvalue weighted by molar-refractivity contribution is 5.82. The van der Waals surface area contributed by atoms with Gasteiger partial charge in [-0.05, 0) is 26.3 Å². The molecule has 0 saturated carbocycles. The van der Waals surface area contributed by atoms with Crippen LogP contribution in [0.2, 0.25) is 0 Å². The predicted octanol–water partition coefficient (Wildman–Crippen LogP) is -0.768. The molecule has 16 heavy (non-hydrogen) atoms. The van der Waals surface area contributed by atoms with Gasteiger partial charge < -0.3 is 20.7 Å². The van der Waals surface area contributed by atoms with Gasteiger partial charge in [-0.2, -0.15) is 0 Å². The Kier molecular flexibility index (Phi) is 4.15. The van der Waals surface area contributed by atoms with Crippen LogP contribution in [0.5, 0.6) is 0 Å². The molecule has 0 aromatic rings. The van der Waals surface area contributed by atoms with E-state index in [1.807, 2.05) is 6.92 Å². The highest BCUT2D eigenvalue weighted by atomic mass is 16.5. The number of carbonyl (C=O) groups is 1. The number of hydrogen-bond donors (Lipinski definition) is 3. The lowest BCUT2D eigenvalue weighted by molar-refractivity contribution is -0.129. The van der Waals surface area contributed by atoms with Gasteiger partial charge in [-0.3, -0.25) is 4.79 Å². The molecule has 92 valence electrons. The summed E-state index contributed by atoms with van der Waals surface area (Å²) >= 11 is 0. The van der Waals surface area contributed by atoms with Gasteiger partial charge in [0.15, 0.2) is 0 Å². The summed E-state index contributed by atoms with van der Waals surface area (Å²) in [6.07, 6.45) is 2.17. The molecule has 2 fully saturated rings. The zero-order valence-electron chi connectivity index (χ0n) is 9.79. The summed E-state index contributed by atoms with van der Waals surface area (Å²) in [7, 11) is 0. The van der Waals surface area contributed by atoms with Crippen LogP contribution in [0.25, 0.3) is 0 Å². The summed E-state index contributed by atoms with van der Waals surface area (Å²) in [5, 5.41) is 9.56. The second-order valence-corrected chi connectivity index (χ2v) is 4.56. The van der Waals surface area contributed by atoms with Gasteiger partial charge in [0, 0.05) is 19.1 Å². The Balaban J connectivity index is 1.81. The summed E-state index contributed by atoms with van der Waals surface area (Å²) in [6.45, 7) is 5.33. The summed E-state index contributed by atoms with van der Waals surface area (Å²) in [4.78, 5) is 12.0. The highest BCUT2D eigenvalue weighted by Gasteiger charge is 2.29. The molecule has 0 bridgehead atoms. The molecule has 5 nitrogen and oxygen atoms in total. The van der Waals surface area contributed by atoms with E-state index < -0.39 is 0 Å². The van der Waals surface area contributed by atoms with Crippen LogP contribution in [0, 0.1) is 0 Å². The van der Waals surface area contributed by atoms with Gasteiger partial charge >= 0.3 is 0 Å². The van der Waals surface area contributed by atoms with E-state index >= 15 is 0 Å². The normalized spacial score (nSPS) is 35.7. The van der Waals surface area contributed by atoms with Gasteiger partial charge in [0.1, 0.15) is 6.04 Å². The van der Waals surface area contributed by atoms with Crippen molar-refractivity contribution in [1.82, 2.24) is 16.0 Å². The summed E-state index contributed by atoms with van der Waals surface area (Å²) < 4.78 is 5.46. The smallest absolute Gasteiger partial charge is 0.240 e. The molecule has 5 heteroatoms. The van der Waals surface area contributed by atoms with Gasteiger partial charge in [-0.1, -0.05) is 0 Å². The number of carbonyl (C=O) groups excluding carboxylic acids is 1. The minimum atomic E-state index is -0.198. The Labute approximate surface area is 96.3 Å². The summed E-state index contributed by atoms with van der Waals surface area (Å²) in [5.74, 6) is 0.0703. The second kappa shape index (κ2) is 5.61. The number of piperidine rings is 1. The first-order valence-electron chi connectivity index (χ1n) is 6.13. The number of rotatable bonds is 2. The molecule has 1 amide bonds. The molecule has 3 N–H and O–H groups in total. The minimum Gasteiger partial charge on any atom is -0.375 e. The van der Waals surface area contributed by atoms with Gasteiger partial charge in [0.25, 0.3) is 0 Å². The van der Waals surface area contributed by atoms with E-state index in [2.05, 4.69) is 16.0 Å². The van der Waals surface area contributed by atoms with E-state index in [0.717, 1.165) is 32.5 Å². The Morgan fingerprint density at radius 3 is 3.00 bits per heavy atom. The third-order valence-corrected chi connectivity index (χ3v) is 3.24. The molecule has 2 aliphatic rings. The fourth-order valence-electron chi connectivity index (χ4n) is 2.29. The lowest BCUT2D eigenvalue weighted by Gasteiger charge is -2.32. The lowest BCUT2D eigenvalue weighted by atomic mass is 10.1. The van der Waals surface area contributed by atoms with E-state index in [-0.39, 0.29) is 24.1 Å². The van der Waals surface area contributed by atoms with Crippen LogP contribution < -0.4 is 16.0 Å². The molecule has 0 unspecified atom stereocenters. The highest BCUT2D eigenvalue weighted by Crippen LogP contribution is 2.06.